The fourth-order valence-corrected chi connectivity index (χ4v) is 2.03. The van der Waals surface area contributed by atoms with Gasteiger partial charge in [-0.1, -0.05) is 44.5 Å². The maximum absolute atomic E-state index is 5.84. The van der Waals surface area contributed by atoms with E-state index in [0.717, 1.165) is 31.4 Å². The summed E-state index contributed by atoms with van der Waals surface area (Å²) < 4.78 is 5.84. The van der Waals surface area contributed by atoms with Crippen molar-refractivity contribution in [2.45, 2.75) is 39.7 Å². The number of benzene rings is 1. The van der Waals surface area contributed by atoms with Gasteiger partial charge in [-0.3, -0.25) is 0 Å². The molecule has 1 aromatic carbocycles. The van der Waals surface area contributed by atoms with Crippen molar-refractivity contribution in [2.75, 3.05) is 17.6 Å². The quantitative estimate of drug-likeness (QED) is 0.731. The summed E-state index contributed by atoms with van der Waals surface area (Å²) >= 11 is 0. The Morgan fingerprint density at radius 1 is 1.14 bits per heavy atom. The van der Waals surface area contributed by atoms with Crippen LogP contribution in [0.5, 0.6) is 5.75 Å². The highest BCUT2D eigenvalue weighted by atomic mass is 16.5. The zero-order valence-electron chi connectivity index (χ0n) is 13.3. The monoisotopic (exact) mass is 300 g/mol. The van der Waals surface area contributed by atoms with E-state index in [1.807, 2.05) is 0 Å². The molecule has 0 saturated heterocycles. The summed E-state index contributed by atoms with van der Waals surface area (Å²) in [6.07, 6.45) is 4.85. The van der Waals surface area contributed by atoms with E-state index < -0.39 is 0 Å². The number of nitrogens with zero attached hydrogens (tertiary/aromatic N) is 2. The third kappa shape index (κ3) is 4.62. The van der Waals surface area contributed by atoms with E-state index in [-0.39, 0.29) is 5.95 Å². The Bertz CT molecular complexity index is 584. The van der Waals surface area contributed by atoms with Gasteiger partial charge in [-0.15, -0.1) is 0 Å². The van der Waals surface area contributed by atoms with Crippen LogP contribution in [-0.4, -0.2) is 16.5 Å². The molecule has 0 saturated carbocycles. The molecule has 1 heterocycles. The normalized spacial score (nSPS) is 10.5. The summed E-state index contributed by atoms with van der Waals surface area (Å²) in [5, 5.41) is 3.25. The molecule has 0 bridgehead atoms. The van der Waals surface area contributed by atoms with Gasteiger partial charge in [-0.2, -0.15) is 4.98 Å². The van der Waals surface area contributed by atoms with E-state index in [4.69, 9.17) is 10.5 Å². The van der Waals surface area contributed by atoms with Crippen LogP contribution in [0.2, 0.25) is 0 Å². The second-order valence-electron chi connectivity index (χ2n) is 5.18. The van der Waals surface area contributed by atoms with Gasteiger partial charge in [0.1, 0.15) is 6.61 Å². The molecule has 0 radical (unpaired) electrons. The number of aromatic nitrogens is 2. The number of unbranched alkanes of at least 4 members (excludes halogenated alkanes) is 1. The highest BCUT2D eigenvalue weighted by Crippen LogP contribution is 2.23. The smallest absolute Gasteiger partial charge is 0.222 e. The third-order valence-electron chi connectivity index (χ3n) is 3.42. The number of aryl methyl sites for hydroxylation is 1. The molecule has 22 heavy (non-hydrogen) atoms. The molecule has 2 aromatic rings. The second-order valence-corrected chi connectivity index (χ2v) is 5.18. The van der Waals surface area contributed by atoms with E-state index >= 15 is 0 Å². The lowest BCUT2D eigenvalue weighted by Gasteiger charge is -2.12. The minimum absolute atomic E-state index is 0.249. The zero-order chi connectivity index (χ0) is 15.8. The standard InChI is InChI=1S/C17H24N4O/c1-3-5-10-19-16-15(11-20-17(18)21-16)22-12-14-8-6-13(4-2)7-9-14/h6-9,11H,3-5,10,12H2,1-2H3,(H3,18,19,20,21). The van der Waals surface area contributed by atoms with E-state index in [2.05, 4.69) is 53.4 Å². The number of anilines is 2. The van der Waals surface area contributed by atoms with E-state index in [1.54, 1.807) is 6.20 Å². The summed E-state index contributed by atoms with van der Waals surface area (Å²) in [5.74, 6) is 1.54. The molecule has 0 fully saturated rings. The first-order valence-corrected chi connectivity index (χ1v) is 7.80. The topological polar surface area (TPSA) is 73.1 Å². The molecule has 5 heteroatoms. The minimum Gasteiger partial charge on any atom is -0.483 e. The van der Waals surface area contributed by atoms with Crippen molar-refractivity contribution in [3.05, 3.63) is 41.6 Å². The van der Waals surface area contributed by atoms with Crippen LogP contribution >= 0.6 is 0 Å². The molecule has 0 spiro atoms. The molecule has 0 aliphatic carbocycles. The first-order valence-electron chi connectivity index (χ1n) is 7.80. The van der Waals surface area contributed by atoms with Gasteiger partial charge >= 0.3 is 0 Å². The number of nitrogens with two attached hydrogens (primary N) is 1. The summed E-state index contributed by atoms with van der Waals surface area (Å²) in [5.41, 5.74) is 8.09. The largest absolute Gasteiger partial charge is 0.483 e. The van der Waals surface area contributed by atoms with E-state index in [0.29, 0.717) is 18.2 Å². The summed E-state index contributed by atoms with van der Waals surface area (Å²) in [4.78, 5) is 8.22. The fraction of sp³-hybridized carbons (Fsp3) is 0.412. The highest BCUT2D eigenvalue weighted by Gasteiger charge is 2.07. The number of hydrogen-bond donors (Lipinski definition) is 2. The Hall–Kier alpha value is -2.30. The van der Waals surface area contributed by atoms with Gasteiger partial charge in [0, 0.05) is 6.54 Å². The predicted molar refractivity (Wildman–Crippen MR) is 90.0 cm³/mol. The molecule has 3 N–H and O–H groups in total. The molecular formula is C17H24N4O. The molecule has 0 aliphatic heterocycles. The average molecular weight is 300 g/mol. The Balaban J connectivity index is 2.01. The van der Waals surface area contributed by atoms with E-state index in [1.165, 1.54) is 5.56 Å². The summed E-state index contributed by atoms with van der Waals surface area (Å²) in [7, 11) is 0. The lowest BCUT2D eigenvalue weighted by Crippen LogP contribution is -2.08. The van der Waals surface area contributed by atoms with Crippen LogP contribution in [-0.2, 0) is 13.0 Å². The maximum Gasteiger partial charge on any atom is 0.222 e. The van der Waals surface area contributed by atoms with Crippen LogP contribution in [0, 0.1) is 0 Å². The van der Waals surface area contributed by atoms with Crippen molar-refractivity contribution in [3.63, 3.8) is 0 Å². The Kier molecular flexibility index (Phi) is 6.01. The minimum atomic E-state index is 0.249. The lowest BCUT2D eigenvalue weighted by atomic mass is 10.1. The van der Waals surface area contributed by atoms with Gasteiger partial charge in [0.15, 0.2) is 11.6 Å². The van der Waals surface area contributed by atoms with Crippen LogP contribution < -0.4 is 15.8 Å². The molecule has 0 amide bonds. The van der Waals surface area contributed by atoms with Gasteiger partial charge in [0.05, 0.1) is 6.20 Å². The lowest BCUT2D eigenvalue weighted by molar-refractivity contribution is 0.305. The van der Waals surface area contributed by atoms with Crippen LogP contribution in [0.25, 0.3) is 0 Å². The van der Waals surface area contributed by atoms with Gasteiger partial charge in [-0.25, -0.2) is 4.98 Å². The van der Waals surface area contributed by atoms with Crippen molar-refractivity contribution in [3.8, 4) is 5.75 Å². The van der Waals surface area contributed by atoms with Crippen LogP contribution in [0.3, 0.4) is 0 Å². The van der Waals surface area contributed by atoms with Gasteiger partial charge in [0.25, 0.3) is 0 Å². The molecular weight excluding hydrogens is 276 g/mol. The molecule has 5 nitrogen and oxygen atoms in total. The number of nitrogen functional groups attached to an aromatic ring is 1. The van der Waals surface area contributed by atoms with Crippen molar-refractivity contribution < 1.29 is 4.74 Å². The van der Waals surface area contributed by atoms with Crippen molar-refractivity contribution in [1.82, 2.24) is 9.97 Å². The van der Waals surface area contributed by atoms with Crippen LogP contribution in [0.1, 0.15) is 37.8 Å². The number of nitrogens with one attached hydrogen (secondary N) is 1. The molecule has 0 aliphatic rings. The van der Waals surface area contributed by atoms with Crippen molar-refractivity contribution >= 4 is 11.8 Å². The molecule has 0 atom stereocenters. The maximum atomic E-state index is 5.84. The Morgan fingerprint density at radius 2 is 1.86 bits per heavy atom. The van der Waals surface area contributed by atoms with Gasteiger partial charge in [0.2, 0.25) is 5.95 Å². The predicted octanol–water partition coefficient (Wildman–Crippen LogP) is 3.41. The van der Waals surface area contributed by atoms with Crippen molar-refractivity contribution in [2.24, 2.45) is 0 Å². The average Bonchev–Trinajstić information content (AvgIpc) is 2.55. The summed E-state index contributed by atoms with van der Waals surface area (Å²) in [6.45, 7) is 5.62. The molecule has 1 aromatic heterocycles. The first kappa shape index (κ1) is 16.1. The van der Waals surface area contributed by atoms with Gasteiger partial charge in [-0.05, 0) is 24.0 Å². The fourth-order valence-electron chi connectivity index (χ4n) is 2.03. The third-order valence-corrected chi connectivity index (χ3v) is 3.42. The number of hydrogen-bond acceptors (Lipinski definition) is 5. The van der Waals surface area contributed by atoms with Gasteiger partial charge < -0.3 is 15.8 Å². The first-order chi connectivity index (χ1) is 10.7. The molecule has 2 rings (SSSR count). The van der Waals surface area contributed by atoms with Crippen LogP contribution in [0.15, 0.2) is 30.5 Å². The van der Waals surface area contributed by atoms with E-state index in [9.17, 15) is 0 Å². The Morgan fingerprint density at radius 3 is 2.55 bits per heavy atom. The summed E-state index contributed by atoms with van der Waals surface area (Å²) in [6, 6.07) is 8.42. The van der Waals surface area contributed by atoms with Crippen molar-refractivity contribution in [1.29, 1.82) is 0 Å². The molecule has 0 unspecified atom stereocenters. The highest BCUT2D eigenvalue weighted by molar-refractivity contribution is 5.51. The SMILES string of the molecule is CCCCNc1nc(N)ncc1OCc1ccc(CC)cc1. The number of ether oxygens (including phenoxy) is 1. The second kappa shape index (κ2) is 8.22. The molecule has 118 valence electrons. The Labute approximate surface area is 131 Å². The zero-order valence-corrected chi connectivity index (χ0v) is 13.3. The number of rotatable bonds is 8. The van der Waals surface area contributed by atoms with Crippen LogP contribution in [0.4, 0.5) is 11.8 Å².